The first kappa shape index (κ1) is 25.3. The van der Waals surface area contributed by atoms with Crippen molar-refractivity contribution in [3.8, 4) is 0 Å². The highest BCUT2D eigenvalue weighted by Crippen LogP contribution is 2.32. The second kappa shape index (κ2) is 12.2. The molecule has 2 N–H and O–H groups in total. The lowest BCUT2D eigenvalue weighted by Crippen LogP contribution is -2.56. The largest absolute Gasteiger partial charge is 0.357 e. The third kappa shape index (κ3) is 6.37. The Bertz CT molecular complexity index is 771. The number of guanidine groups is 1. The Kier molecular flexibility index (Phi) is 9.64. The van der Waals surface area contributed by atoms with Crippen molar-refractivity contribution in [3.05, 3.63) is 35.4 Å². The molecule has 0 spiro atoms. The monoisotopic (exact) mass is 553 g/mol. The molecule has 0 saturated carbocycles. The van der Waals surface area contributed by atoms with E-state index in [0.717, 1.165) is 38.4 Å². The number of fused-ring (bicyclic) bond motifs is 3. The predicted molar refractivity (Wildman–Crippen MR) is 142 cm³/mol. The van der Waals surface area contributed by atoms with Gasteiger partial charge < -0.3 is 20.4 Å². The van der Waals surface area contributed by atoms with Gasteiger partial charge in [0, 0.05) is 50.7 Å². The molecule has 2 saturated heterocycles. The first-order chi connectivity index (χ1) is 15.1. The first-order valence-corrected chi connectivity index (χ1v) is 12.3. The molecule has 3 aliphatic heterocycles. The number of halogens is 1. The van der Waals surface area contributed by atoms with Crippen molar-refractivity contribution < 1.29 is 4.79 Å². The maximum absolute atomic E-state index is 12.7. The molecule has 0 radical (unpaired) electrons. The van der Waals surface area contributed by atoms with Crippen LogP contribution in [0.1, 0.15) is 63.0 Å². The van der Waals surface area contributed by atoms with Gasteiger partial charge in [0.05, 0.1) is 0 Å². The van der Waals surface area contributed by atoms with Crippen LogP contribution in [-0.2, 0) is 17.8 Å². The summed E-state index contributed by atoms with van der Waals surface area (Å²) < 4.78 is 0. The molecule has 1 aromatic carbocycles. The van der Waals surface area contributed by atoms with E-state index in [1.165, 1.54) is 43.2 Å². The van der Waals surface area contributed by atoms with Gasteiger partial charge in [0.1, 0.15) is 0 Å². The van der Waals surface area contributed by atoms with Crippen LogP contribution in [0.3, 0.4) is 0 Å². The Morgan fingerprint density at radius 3 is 2.59 bits per heavy atom. The summed E-state index contributed by atoms with van der Waals surface area (Å²) in [4.78, 5) is 22.1. The van der Waals surface area contributed by atoms with Crippen molar-refractivity contribution in [3.63, 3.8) is 0 Å². The molecule has 3 aliphatic rings. The van der Waals surface area contributed by atoms with Crippen LogP contribution in [0, 0.1) is 0 Å². The number of amides is 1. The molecule has 1 aromatic rings. The molecule has 32 heavy (non-hydrogen) atoms. The highest BCUT2D eigenvalue weighted by atomic mass is 127. The number of carbonyl (C=O) groups is 1. The van der Waals surface area contributed by atoms with Gasteiger partial charge in [-0.15, -0.1) is 24.0 Å². The third-order valence-electron chi connectivity index (χ3n) is 7.33. The summed E-state index contributed by atoms with van der Waals surface area (Å²) in [6.07, 6.45) is 8.75. The second-order valence-corrected chi connectivity index (χ2v) is 9.41. The maximum atomic E-state index is 12.7. The lowest BCUT2D eigenvalue weighted by atomic mass is 9.82. The van der Waals surface area contributed by atoms with E-state index in [-0.39, 0.29) is 29.9 Å². The van der Waals surface area contributed by atoms with Gasteiger partial charge in [-0.05, 0) is 63.6 Å². The van der Waals surface area contributed by atoms with E-state index in [9.17, 15) is 4.79 Å². The quantitative estimate of drug-likeness (QED) is 0.245. The van der Waals surface area contributed by atoms with Crippen molar-refractivity contribution in [1.82, 2.24) is 20.4 Å². The molecule has 6 nitrogen and oxygen atoms in total. The van der Waals surface area contributed by atoms with Gasteiger partial charge in [0.25, 0.3) is 0 Å². The van der Waals surface area contributed by atoms with Crippen LogP contribution in [0.5, 0.6) is 0 Å². The topological polar surface area (TPSA) is 60.0 Å². The van der Waals surface area contributed by atoms with Gasteiger partial charge in [0.15, 0.2) is 5.96 Å². The summed E-state index contributed by atoms with van der Waals surface area (Å²) in [5, 5.41) is 7.08. The van der Waals surface area contributed by atoms with Gasteiger partial charge >= 0.3 is 0 Å². The third-order valence-corrected chi connectivity index (χ3v) is 7.33. The summed E-state index contributed by atoms with van der Waals surface area (Å²) in [6, 6.07) is 10.4. The highest BCUT2D eigenvalue weighted by Gasteiger charge is 2.36. The number of benzene rings is 1. The average Bonchev–Trinajstić information content (AvgIpc) is 2.77. The molecular formula is C25H40IN5O. The summed E-state index contributed by atoms with van der Waals surface area (Å²) in [5.74, 6) is 1.17. The van der Waals surface area contributed by atoms with Crippen molar-refractivity contribution in [2.75, 3.05) is 26.7 Å². The van der Waals surface area contributed by atoms with E-state index in [0.29, 0.717) is 31.1 Å². The minimum atomic E-state index is 0. The van der Waals surface area contributed by atoms with E-state index < -0.39 is 0 Å². The van der Waals surface area contributed by atoms with Crippen LogP contribution >= 0.6 is 24.0 Å². The second-order valence-electron chi connectivity index (χ2n) is 9.41. The Labute approximate surface area is 210 Å². The van der Waals surface area contributed by atoms with Gasteiger partial charge in [-0.2, -0.15) is 0 Å². The molecule has 7 heteroatoms. The minimum absolute atomic E-state index is 0. The number of nitrogens with zero attached hydrogens (tertiary/aromatic N) is 3. The van der Waals surface area contributed by atoms with Gasteiger partial charge in [-0.3, -0.25) is 9.79 Å². The molecule has 0 aromatic heterocycles. The van der Waals surface area contributed by atoms with Crippen molar-refractivity contribution >= 4 is 35.8 Å². The number of hydrogen-bond donors (Lipinski definition) is 2. The zero-order chi connectivity index (χ0) is 21.6. The summed E-state index contributed by atoms with van der Waals surface area (Å²) in [5.41, 5.74) is 2.68. The van der Waals surface area contributed by atoms with Crippen molar-refractivity contribution in [2.24, 2.45) is 4.99 Å². The molecule has 2 bridgehead atoms. The van der Waals surface area contributed by atoms with E-state index in [1.54, 1.807) is 0 Å². The lowest BCUT2D eigenvalue weighted by Gasteiger charge is -2.47. The molecule has 2 atom stereocenters. The first-order valence-electron chi connectivity index (χ1n) is 12.3. The number of piperidine rings is 2. The van der Waals surface area contributed by atoms with E-state index in [2.05, 4.69) is 53.8 Å². The van der Waals surface area contributed by atoms with Crippen LogP contribution < -0.4 is 10.6 Å². The molecule has 1 amide bonds. The van der Waals surface area contributed by atoms with Crippen LogP contribution in [-0.4, -0.2) is 66.5 Å². The Morgan fingerprint density at radius 2 is 1.88 bits per heavy atom. The molecule has 4 rings (SSSR count). The summed E-state index contributed by atoms with van der Waals surface area (Å²) in [7, 11) is 2.29. The molecule has 178 valence electrons. The Balaban J connectivity index is 0.00000289. The van der Waals surface area contributed by atoms with Gasteiger partial charge in [-0.1, -0.05) is 30.7 Å². The summed E-state index contributed by atoms with van der Waals surface area (Å²) in [6.45, 7) is 5.24. The molecule has 2 unspecified atom stereocenters. The zero-order valence-electron chi connectivity index (χ0n) is 19.7. The molecule has 0 aliphatic carbocycles. The van der Waals surface area contributed by atoms with Crippen LogP contribution in [0.2, 0.25) is 0 Å². The number of aliphatic imine (C=N–C) groups is 1. The van der Waals surface area contributed by atoms with Crippen molar-refractivity contribution in [1.29, 1.82) is 0 Å². The SMILES string of the molecule is CCNC(=NCCCC(=O)N1CCc2ccccc2C1)NC1CC2CCCC(C1)N2C.I. The van der Waals surface area contributed by atoms with Crippen LogP contribution in [0.25, 0.3) is 0 Å². The molecular weight excluding hydrogens is 513 g/mol. The average molecular weight is 554 g/mol. The minimum Gasteiger partial charge on any atom is -0.357 e. The smallest absolute Gasteiger partial charge is 0.222 e. The Hall–Kier alpha value is -1.35. The normalized spacial score (nSPS) is 25.5. The van der Waals surface area contributed by atoms with E-state index in [4.69, 9.17) is 4.99 Å². The van der Waals surface area contributed by atoms with Gasteiger partial charge in [-0.25, -0.2) is 0 Å². The zero-order valence-corrected chi connectivity index (χ0v) is 22.0. The van der Waals surface area contributed by atoms with Crippen LogP contribution in [0.15, 0.2) is 29.3 Å². The fourth-order valence-electron chi connectivity index (χ4n) is 5.53. The number of carbonyl (C=O) groups excluding carboxylic acids is 1. The Morgan fingerprint density at radius 1 is 1.16 bits per heavy atom. The van der Waals surface area contributed by atoms with Crippen molar-refractivity contribution in [2.45, 2.75) is 83.0 Å². The number of hydrogen-bond acceptors (Lipinski definition) is 3. The van der Waals surface area contributed by atoms with Crippen LogP contribution in [0.4, 0.5) is 0 Å². The van der Waals surface area contributed by atoms with Gasteiger partial charge in [0.2, 0.25) is 5.91 Å². The maximum Gasteiger partial charge on any atom is 0.222 e. The van der Waals surface area contributed by atoms with E-state index in [1.807, 2.05) is 4.90 Å². The highest BCUT2D eigenvalue weighted by molar-refractivity contribution is 14.0. The number of nitrogens with one attached hydrogen (secondary N) is 2. The molecule has 3 heterocycles. The standard InChI is InChI=1S/C25H39N5O.HI/c1-3-26-25(28-21-16-22-10-6-11-23(17-21)29(22)2)27-14-7-12-24(31)30-15-13-19-8-4-5-9-20(19)18-30;/h4-5,8-9,21-23H,3,6-7,10-18H2,1-2H3,(H2,26,27,28);1H. The fourth-order valence-corrected chi connectivity index (χ4v) is 5.53. The summed E-state index contributed by atoms with van der Waals surface area (Å²) >= 11 is 0. The van der Waals surface area contributed by atoms with E-state index >= 15 is 0 Å². The lowest BCUT2D eigenvalue weighted by molar-refractivity contribution is -0.132. The predicted octanol–water partition coefficient (Wildman–Crippen LogP) is 3.54. The molecule has 2 fully saturated rings. The number of rotatable bonds is 6. The fraction of sp³-hybridized carbons (Fsp3) is 0.680.